The van der Waals surface area contributed by atoms with Gasteiger partial charge in [-0.1, -0.05) is 20.8 Å². The van der Waals surface area contributed by atoms with E-state index in [0.29, 0.717) is 0 Å². The van der Waals surface area contributed by atoms with E-state index in [1.807, 2.05) is 0 Å². The SMILES string of the molecule is CC(C)(C)[Si](C)(C)OC[C@H]1O[C@@H](n2cnc3c(=O)[nH]cnc32)[C@H](O)[C@@H]1O. The topological polar surface area (TPSA) is 122 Å². The van der Waals surface area contributed by atoms with Gasteiger partial charge in [0.2, 0.25) is 0 Å². The van der Waals surface area contributed by atoms with Crippen molar-refractivity contribution in [2.75, 3.05) is 6.61 Å². The minimum absolute atomic E-state index is 0.0278. The molecule has 144 valence electrons. The van der Waals surface area contributed by atoms with Gasteiger partial charge in [-0.25, -0.2) is 9.97 Å². The maximum Gasteiger partial charge on any atom is 0.278 e. The normalized spacial score (nSPS) is 27.3. The Labute approximate surface area is 152 Å². The predicted molar refractivity (Wildman–Crippen MR) is 97.2 cm³/mol. The molecule has 0 aromatic carbocycles. The van der Waals surface area contributed by atoms with E-state index in [1.165, 1.54) is 17.2 Å². The van der Waals surface area contributed by atoms with Crippen LogP contribution in [-0.4, -0.2) is 63.0 Å². The van der Waals surface area contributed by atoms with Gasteiger partial charge in [-0.3, -0.25) is 9.36 Å². The lowest BCUT2D eigenvalue weighted by atomic mass is 10.1. The maximum absolute atomic E-state index is 11.8. The number of hydrogen-bond acceptors (Lipinski definition) is 7. The van der Waals surface area contributed by atoms with Crippen LogP contribution in [0.1, 0.15) is 27.0 Å². The number of rotatable bonds is 4. The quantitative estimate of drug-likeness (QED) is 0.667. The summed E-state index contributed by atoms with van der Waals surface area (Å²) in [7, 11) is -2.01. The van der Waals surface area contributed by atoms with Gasteiger partial charge in [-0.05, 0) is 18.1 Å². The second-order valence-electron chi connectivity index (χ2n) is 8.17. The third-order valence-corrected chi connectivity index (χ3v) is 9.89. The second kappa shape index (κ2) is 6.53. The second-order valence-corrected chi connectivity index (χ2v) is 13.0. The van der Waals surface area contributed by atoms with Crippen LogP contribution in [0.4, 0.5) is 0 Å². The van der Waals surface area contributed by atoms with E-state index in [1.54, 1.807) is 0 Å². The maximum atomic E-state index is 11.8. The zero-order valence-corrected chi connectivity index (χ0v) is 16.6. The molecule has 0 amide bonds. The van der Waals surface area contributed by atoms with Crippen LogP contribution in [0.2, 0.25) is 18.1 Å². The van der Waals surface area contributed by atoms with E-state index in [9.17, 15) is 15.0 Å². The van der Waals surface area contributed by atoms with Crippen LogP contribution >= 0.6 is 0 Å². The summed E-state index contributed by atoms with van der Waals surface area (Å²) >= 11 is 0. The Kier molecular flexibility index (Phi) is 4.82. The number of H-pyrrole nitrogens is 1. The molecule has 9 nitrogen and oxygen atoms in total. The van der Waals surface area contributed by atoms with E-state index in [2.05, 4.69) is 48.8 Å². The molecule has 2 aromatic heterocycles. The molecule has 0 spiro atoms. The molecule has 0 bridgehead atoms. The number of nitrogens with zero attached hydrogens (tertiary/aromatic N) is 3. The highest BCUT2D eigenvalue weighted by molar-refractivity contribution is 6.74. The predicted octanol–water partition coefficient (Wildman–Crippen LogP) is 0.761. The first-order chi connectivity index (χ1) is 12.0. The molecule has 4 atom stereocenters. The van der Waals surface area contributed by atoms with Crippen molar-refractivity contribution in [3.8, 4) is 0 Å². The fourth-order valence-corrected chi connectivity index (χ4v) is 3.67. The summed E-state index contributed by atoms with van der Waals surface area (Å²) in [5.41, 5.74) is 0.0642. The van der Waals surface area contributed by atoms with Crippen molar-refractivity contribution >= 4 is 19.5 Å². The van der Waals surface area contributed by atoms with Crippen molar-refractivity contribution in [3.05, 3.63) is 23.0 Å². The van der Waals surface area contributed by atoms with Gasteiger partial charge in [0.15, 0.2) is 25.7 Å². The lowest BCUT2D eigenvalue weighted by molar-refractivity contribution is -0.0491. The van der Waals surface area contributed by atoms with Gasteiger partial charge < -0.3 is 24.4 Å². The van der Waals surface area contributed by atoms with Gasteiger partial charge in [0.05, 0.1) is 19.3 Å². The van der Waals surface area contributed by atoms with Crippen molar-refractivity contribution in [1.29, 1.82) is 0 Å². The van der Waals surface area contributed by atoms with Crippen molar-refractivity contribution in [2.24, 2.45) is 0 Å². The number of hydrogen-bond donors (Lipinski definition) is 3. The highest BCUT2D eigenvalue weighted by Gasteiger charge is 2.46. The Morgan fingerprint density at radius 1 is 1.31 bits per heavy atom. The van der Waals surface area contributed by atoms with E-state index in [0.717, 1.165) is 0 Å². The largest absolute Gasteiger partial charge is 0.414 e. The van der Waals surface area contributed by atoms with Gasteiger partial charge in [0, 0.05) is 0 Å². The summed E-state index contributed by atoms with van der Waals surface area (Å²) in [6.45, 7) is 10.8. The molecular formula is C16H26N4O5Si. The third kappa shape index (κ3) is 3.23. The molecule has 2 aromatic rings. The molecule has 10 heteroatoms. The molecule has 1 aliphatic heterocycles. The van der Waals surface area contributed by atoms with Gasteiger partial charge in [-0.2, -0.15) is 0 Å². The highest BCUT2D eigenvalue weighted by atomic mass is 28.4. The van der Waals surface area contributed by atoms with E-state index in [-0.39, 0.29) is 28.4 Å². The summed E-state index contributed by atoms with van der Waals surface area (Å²) in [6.07, 6.45) is -1.21. The Hall–Kier alpha value is -1.59. The summed E-state index contributed by atoms with van der Waals surface area (Å²) in [5.74, 6) is 0. The van der Waals surface area contributed by atoms with Crippen LogP contribution in [0.3, 0.4) is 0 Å². The first kappa shape index (κ1) is 19.2. The number of fused-ring (bicyclic) bond motifs is 1. The van der Waals surface area contributed by atoms with Crippen molar-refractivity contribution in [1.82, 2.24) is 19.5 Å². The van der Waals surface area contributed by atoms with Crippen molar-refractivity contribution in [2.45, 2.75) is 63.4 Å². The summed E-state index contributed by atoms with van der Waals surface area (Å²) in [5, 5.41) is 20.9. The molecule has 3 rings (SSSR count). The molecule has 0 aliphatic carbocycles. The van der Waals surface area contributed by atoms with Crippen LogP contribution in [0, 0.1) is 0 Å². The summed E-state index contributed by atoms with van der Waals surface area (Å²) in [6, 6.07) is 0. The first-order valence-electron chi connectivity index (χ1n) is 8.59. The third-order valence-electron chi connectivity index (χ3n) is 5.39. The molecule has 1 fully saturated rings. The average Bonchev–Trinajstić information content (AvgIpc) is 3.08. The van der Waals surface area contributed by atoms with Crippen LogP contribution in [0.15, 0.2) is 17.4 Å². The molecular weight excluding hydrogens is 356 g/mol. The first-order valence-corrected chi connectivity index (χ1v) is 11.5. The zero-order chi connectivity index (χ0) is 19.3. The fourth-order valence-electron chi connectivity index (χ4n) is 2.65. The summed E-state index contributed by atoms with van der Waals surface area (Å²) in [4.78, 5) is 22.4. The van der Waals surface area contributed by atoms with E-state index < -0.39 is 32.9 Å². The smallest absolute Gasteiger partial charge is 0.278 e. The molecule has 3 heterocycles. The number of ether oxygens (including phenoxy) is 1. The van der Waals surface area contributed by atoms with Crippen LogP contribution < -0.4 is 5.56 Å². The molecule has 26 heavy (non-hydrogen) atoms. The van der Waals surface area contributed by atoms with Crippen molar-refractivity contribution in [3.63, 3.8) is 0 Å². The monoisotopic (exact) mass is 382 g/mol. The van der Waals surface area contributed by atoms with Gasteiger partial charge in [0.25, 0.3) is 5.56 Å². The number of aliphatic hydroxyl groups is 2. The van der Waals surface area contributed by atoms with E-state index >= 15 is 0 Å². The fraction of sp³-hybridized carbons (Fsp3) is 0.688. The number of nitrogens with one attached hydrogen (secondary N) is 1. The average molecular weight is 382 g/mol. The molecule has 1 saturated heterocycles. The standard InChI is InChI=1S/C16H26N4O5Si/c1-16(2,3)26(4,5)24-6-9-11(21)12(22)15(25-9)20-8-19-10-13(20)17-7-18-14(10)23/h7-9,11-12,15,21-22H,6H2,1-5H3,(H,17,18,23)/t9-,11-,12-,15-/m1/s1. The lowest BCUT2D eigenvalue weighted by Crippen LogP contribution is -2.44. The minimum Gasteiger partial charge on any atom is -0.414 e. The van der Waals surface area contributed by atoms with Gasteiger partial charge >= 0.3 is 0 Å². The molecule has 1 aliphatic rings. The molecule has 0 saturated carbocycles. The van der Waals surface area contributed by atoms with Crippen LogP contribution in [0.5, 0.6) is 0 Å². The van der Waals surface area contributed by atoms with Gasteiger partial charge in [0.1, 0.15) is 18.3 Å². The highest BCUT2D eigenvalue weighted by Crippen LogP contribution is 2.38. The Morgan fingerprint density at radius 2 is 2.00 bits per heavy atom. The van der Waals surface area contributed by atoms with E-state index in [4.69, 9.17) is 9.16 Å². The lowest BCUT2D eigenvalue weighted by Gasteiger charge is -2.37. The van der Waals surface area contributed by atoms with Crippen molar-refractivity contribution < 1.29 is 19.4 Å². The Balaban J connectivity index is 1.79. The van der Waals surface area contributed by atoms with Crippen LogP contribution in [0.25, 0.3) is 11.2 Å². The van der Waals surface area contributed by atoms with Gasteiger partial charge in [-0.15, -0.1) is 0 Å². The summed E-state index contributed by atoms with van der Waals surface area (Å²) < 4.78 is 13.4. The number of aromatic nitrogens is 4. The molecule has 3 N–H and O–H groups in total. The molecule has 0 radical (unpaired) electrons. The Bertz CT molecular complexity index is 843. The number of aromatic amines is 1. The minimum atomic E-state index is -2.01. The number of imidazole rings is 1. The van der Waals surface area contributed by atoms with Crippen LogP contribution in [-0.2, 0) is 9.16 Å². The number of aliphatic hydroxyl groups excluding tert-OH is 2. The molecule has 0 unspecified atom stereocenters. The zero-order valence-electron chi connectivity index (χ0n) is 15.6. The Morgan fingerprint density at radius 3 is 2.65 bits per heavy atom.